The number of sulfonamides is 1. The highest BCUT2D eigenvalue weighted by molar-refractivity contribution is 7.89. The number of hydrogen-bond donors (Lipinski definition) is 1. The Labute approximate surface area is 190 Å². The number of rotatable bonds is 4. The third-order valence-corrected chi connectivity index (χ3v) is 8.03. The van der Waals surface area contributed by atoms with Crippen LogP contribution in [0, 0.1) is 0 Å². The summed E-state index contributed by atoms with van der Waals surface area (Å²) in [6.45, 7) is 4.84. The maximum atomic E-state index is 13.5. The molecule has 1 unspecified atom stereocenters. The molecule has 4 rings (SSSR count). The summed E-state index contributed by atoms with van der Waals surface area (Å²) in [7, 11) is -3.84. The summed E-state index contributed by atoms with van der Waals surface area (Å²) in [6.07, 6.45) is 2.02. The molecule has 1 N–H and O–H groups in total. The van der Waals surface area contributed by atoms with Crippen molar-refractivity contribution < 1.29 is 17.7 Å². The minimum atomic E-state index is -3.84. The van der Waals surface area contributed by atoms with Crippen molar-refractivity contribution in [3.8, 4) is 0 Å². The van der Waals surface area contributed by atoms with Gasteiger partial charge < -0.3 is 9.84 Å². The lowest BCUT2D eigenvalue weighted by atomic mass is 9.99. The van der Waals surface area contributed by atoms with Crippen molar-refractivity contribution >= 4 is 38.7 Å². The monoisotopic (exact) mass is 478 g/mol. The molecule has 32 heavy (non-hydrogen) atoms. The highest BCUT2D eigenvalue weighted by Gasteiger charge is 2.29. The third kappa shape index (κ3) is 4.81. The van der Waals surface area contributed by atoms with Gasteiger partial charge in [0.2, 0.25) is 21.8 Å². The maximum Gasteiger partial charge on any atom is 0.245 e. The van der Waals surface area contributed by atoms with Gasteiger partial charge in [0.15, 0.2) is 5.82 Å². The first kappa shape index (κ1) is 22.7. The highest BCUT2D eigenvalue weighted by atomic mass is 32.2. The first-order valence-electron chi connectivity index (χ1n) is 10.7. The molecule has 0 bridgehead atoms. The number of hydrogen-bond acceptors (Lipinski definition) is 9. The van der Waals surface area contributed by atoms with E-state index in [2.05, 4.69) is 24.2 Å². The summed E-state index contributed by atoms with van der Waals surface area (Å²) in [5.74, 6) is 1.10. The average Bonchev–Trinajstić information content (AvgIpc) is 3.43. The van der Waals surface area contributed by atoms with Crippen molar-refractivity contribution in [2.24, 2.45) is 0 Å². The molecule has 12 heteroatoms. The van der Waals surface area contributed by atoms with E-state index < -0.39 is 10.0 Å². The summed E-state index contributed by atoms with van der Waals surface area (Å²) in [5, 5.41) is 6.92. The van der Waals surface area contributed by atoms with Gasteiger partial charge in [0, 0.05) is 37.9 Å². The molecule has 10 nitrogen and oxygen atoms in total. The van der Waals surface area contributed by atoms with Gasteiger partial charge in [-0.25, -0.2) is 8.42 Å². The Morgan fingerprint density at radius 1 is 1.22 bits per heavy atom. The van der Waals surface area contributed by atoms with Crippen LogP contribution in [0.2, 0.25) is 0 Å². The molecule has 1 aliphatic rings. The summed E-state index contributed by atoms with van der Waals surface area (Å²) in [6, 6.07) is 4.94. The molecule has 172 valence electrons. The van der Waals surface area contributed by atoms with Crippen LogP contribution in [-0.2, 0) is 14.8 Å². The lowest BCUT2D eigenvalue weighted by molar-refractivity contribution is -0.121. The van der Waals surface area contributed by atoms with Gasteiger partial charge >= 0.3 is 0 Å². The van der Waals surface area contributed by atoms with Gasteiger partial charge in [-0.1, -0.05) is 25.1 Å². The van der Waals surface area contributed by atoms with Crippen molar-refractivity contribution in [3.05, 3.63) is 29.9 Å². The molecule has 1 saturated heterocycles. The van der Waals surface area contributed by atoms with E-state index in [4.69, 9.17) is 4.52 Å². The van der Waals surface area contributed by atoms with E-state index in [0.717, 1.165) is 11.7 Å². The van der Waals surface area contributed by atoms with Crippen molar-refractivity contribution in [3.63, 3.8) is 0 Å². The molecular formula is C20H26N6O4S2. The number of nitrogens with zero attached hydrogens (tertiary/aromatic N) is 5. The zero-order valence-corrected chi connectivity index (χ0v) is 19.7. The molecule has 0 saturated carbocycles. The first-order chi connectivity index (χ1) is 15.4. The van der Waals surface area contributed by atoms with E-state index in [1.54, 1.807) is 18.2 Å². The summed E-state index contributed by atoms with van der Waals surface area (Å²) in [4.78, 5) is 17.0. The molecule has 0 radical (unpaired) electrons. The smallest absolute Gasteiger partial charge is 0.245 e. The molecule has 2 aromatic heterocycles. The quantitative estimate of drug-likeness (QED) is 0.605. The second-order valence-electron chi connectivity index (χ2n) is 8.17. The average molecular weight is 479 g/mol. The van der Waals surface area contributed by atoms with Crippen molar-refractivity contribution in [1.82, 2.24) is 28.5 Å². The van der Waals surface area contributed by atoms with E-state index in [-0.39, 0.29) is 42.1 Å². The van der Waals surface area contributed by atoms with Crippen molar-refractivity contribution in [1.29, 1.82) is 0 Å². The number of carbonyl (C=O) groups excluding carboxylic acids is 1. The van der Waals surface area contributed by atoms with Gasteiger partial charge in [-0.3, -0.25) is 4.79 Å². The van der Waals surface area contributed by atoms with Crippen LogP contribution >= 0.6 is 11.7 Å². The molecule has 1 atom stereocenters. The van der Waals surface area contributed by atoms with E-state index in [1.165, 1.54) is 4.31 Å². The fraction of sp³-hybridized carbons (Fsp3) is 0.550. The number of amides is 1. The first-order valence-corrected chi connectivity index (χ1v) is 12.8. The lowest BCUT2D eigenvalue weighted by Gasteiger charge is -2.22. The largest absolute Gasteiger partial charge is 0.356 e. The zero-order valence-electron chi connectivity index (χ0n) is 18.0. The highest BCUT2D eigenvalue weighted by Crippen LogP contribution is 2.28. The Hall–Kier alpha value is -2.44. The number of fused-ring (bicyclic) bond motifs is 1. The molecule has 3 heterocycles. The standard InChI is InChI=1S/C20H26N6O4S2/c1-13(2)19-22-20(30-23-19)14-5-4-11-26(12-9-17(27)21-10-8-14)32(28,29)16-7-3-6-15-18(16)25-31-24-15/h3,6-7,13-14H,4-5,8-12H2,1-2H3,(H,21,27). The third-order valence-electron chi connectivity index (χ3n) is 5.55. The van der Waals surface area contributed by atoms with Crippen LogP contribution < -0.4 is 5.32 Å². The summed E-state index contributed by atoms with van der Waals surface area (Å²) in [5.41, 5.74) is 0.908. The van der Waals surface area contributed by atoms with Crippen LogP contribution in [-0.4, -0.2) is 57.2 Å². The Kier molecular flexibility index (Phi) is 6.82. The molecule has 1 fully saturated rings. The number of nitrogens with one attached hydrogen (secondary N) is 1. The van der Waals surface area contributed by atoms with Crippen LogP contribution in [0.3, 0.4) is 0 Å². The van der Waals surface area contributed by atoms with Gasteiger partial charge in [0.05, 0.1) is 11.7 Å². The molecule has 0 spiro atoms. The van der Waals surface area contributed by atoms with Crippen LogP contribution in [0.1, 0.15) is 63.1 Å². The van der Waals surface area contributed by atoms with E-state index in [1.807, 2.05) is 13.8 Å². The maximum absolute atomic E-state index is 13.5. The van der Waals surface area contributed by atoms with Crippen LogP contribution in [0.25, 0.3) is 11.0 Å². The fourth-order valence-electron chi connectivity index (χ4n) is 3.73. The topological polar surface area (TPSA) is 131 Å². The fourth-order valence-corrected chi connectivity index (χ4v) is 5.97. The molecule has 1 aromatic carbocycles. The Balaban J connectivity index is 1.57. The molecule has 1 amide bonds. The van der Waals surface area contributed by atoms with E-state index in [0.29, 0.717) is 48.6 Å². The Morgan fingerprint density at radius 3 is 2.84 bits per heavy atom. The van der Waals surface area contributed by atoms with E-state index in [9.17, 15) is 13.2 Å². The van der Waals surface area contributed by atoms with Gasteiger partial charge in [0.1, 0.15) is 15.9 Å². The van der Waals surface area contributed by atoms with Gasteiger partial charge in [-0.2, -0.15) is 18.0 Å². The second kappa shape index (κ2) is 9.59. The summed E-state index contributed by atoms with van der Waals surface area (Å²) < 4.78 is 42.1. The Morgan fingerprint density at radius 2 is 2.06 bits per heavy atom. The molecular weight excluding hydrogens is 452 g/mol. The van der Waals surface area contributed by atoms with Crippen LogP contribution in [0.5, 0.6) is 0 Å². The molecule has 0 aliphatic carbocycles. The minimum Gasteiger partial charge on any atom is -0.356 e. The lowest BCUT2D eigenvalue weighted by Crippen LogP contribution is -2.36. The van der Waals surface area contributed by atoms with Gasteiger partial charge in [-0.15, -0.1) is 0 Å². The molecule has 1 aliphatic heterocycles. The number of benzene rings is 1. The zero-order chi connectivity index (χ0) is 22.7. The van der Waals surface area contributed by atoms with Gasteiger partial charge in [0.25, 0.3) is 0 Å². The number of aromatic nitrogens is 4. The predicted octanol–water partition coefficient (Wildman–Crippen LogP) is 2.66. The van der Waals surface area contributed by atoms with Gasteiger partial charge in [-0.05, 0) is 31.4 Å². The van der Waals surface area contributed by atoms with Crippen LogP contribution in [0.15, 0.2) is 27.6 Å². The van der Waals surface area contributed by atoms with Crippen molar-refractivity contribution in [2.75, 3.05) is 19.6 Å². The van der Waals surface area contributed by atoms with Crippen LogP contribution in [0.4, 0.5) is 0 Å². The SMILES string of the molecule is CC(C)c1noc(C2CCCN(S(=O)(=O)c3cccc4nsnc34)CCC(=O)NCC2)n1. The van der Waals surface area contributed by atoms with E-state index >= 15 is 0 Å². The van der Waals surface area contributed by atoms with Crippen molar-refractivity contribution in [2.45, 2.75) is 56.3 Å². The summed E-state index contributed by atoms with van der Waals surface area (Å²) >= 11 is 0.978. The predicted molar refractivity (Wildman–Crippen MR) is 119 cm³/mol. The number of carbonyl (C=O) groups is 1. The molecule has 3 aromatic rings. The normalized spacial score (nSPS) is 19.7. The second-order valence-corrected chi connectivity index (χ2v) is 10.6. The Bertz CT molecular complexity index is 1190. The minimum absolute atomic E-state index is 0.0517.